The SMILES string of the molecule is NC(=O)c1cc(Nc2cc(F)c(F)cc2F)ccc1N. The molecule has 1 amide bonds. The van der Waals surface area contributed by atoms with Crippen molar-refractivity contribution in [2.75, 3.05) is 11.1 Å². The number of hydrogen-bond acceptors (Lipinski definition) is 3. The lowest BCUT2D eigenvalue weighted by Crippen LogP contribution is -2.13. The van der Waals surface area contributed by atoms with E-state index in [1.54, 1.807) is 0 Å². The van der Waals surface area contributed by atoms with Crippen LogP contribution in [0.15, 0.2) is 30.3 Å². The van der Waals surface area contributed by atoms with Gasteiger partial charge in [-0.25, -0.2) is 13.2 Å². The van der Waals surface area contributed by atoms with Gasteiger partial charge in [0.15, 0.2) is 11.6 Å². The Kier molecular flexibility index (Phi) is 3.51. The van der Waals surface area contributed by atoms with Crippen LogP contribution in [0.25, 0.3) is 0 Å². The normalized spacial score (nSPS) is 10.3. The number of halogens is 3. The first kappa shape index (κ1) is 13.7. The second kappa shape index (κ2) is 5.12. The van der Waals surface area contributed by atoms with Gasteiger partial charge in [-0.2, -0.15) is 0 Å². The molecule has 2 aromatic rings. The Balaban J connectivity index is 2.38. The minimum atomic E-state index is -1.29. The third-order valence-corrected chi connectivity index (χ3v) is 2.61. The first-order chi connectivity index (χ1) is 9.38. The van der Waals surface area contributed by atoms with Gasteiger partial charge in [-0.1, -0.05) is 0 Å². The number of anilines is 3. The average molecular weight is 281 g/mol. The second-order valence-corrected chi connectivity index (χ2v) is 4.04. The van der Waals surface area contributed by atoms with Crippen molar-refractivity contribution in [1.82, 2.24) is 0 Å². The van der Waals surface area contributed by atoms with Crippen molar-refractivity contribution in [3.05, 3.63) is 53.3 Å². The van der Waals surface area contributed by atoms with E-state index in [4.69, 9.17) is 11.5 Å². The number of nitrogen functional groups attached to an aromatic ring is 1. The molecule has 0 radical (unpaired) electrons. The van der Waals surface area contributed by atoms with Gasteiger partial charge < -0.3 is 16.8 Å². The number of nitrogens with two attached hydrogens (primary N) is 2. The molecule has 104 valence electrons. The summed E-state index contributed by atoms with van der Waals surface area (Å²) in [5.74, 6) is -4.21. The molecular weight excluding hydrogens is 271 g/mol. The summed E-state index contributed by atoms with van der Waals surface area (Å²) in [4.78, 5) is 11.1. The highest BCUT2D eigenvalue weighted by atomic mass is 19.2. The zero-order valence-corrected chi connectivity index (χ0v) is 10.1. The first-order valence-electron chi connectivity index (χ1n) is 5.49. The van der Waals surface area contributed by atoms with Crippen molar-refractivity contribution < 1.29 is 18.0 Å². The molecule has 0 saturated heterocycles. The summed E-state index contributed by atoms with van der Waals surface area (Å²) in [6, 6.07) is 5.22. The smallest absolute Gasteiger partial charge is 0.250 e. The molecule has 0 saturated carbocycles. The highest BCUT2D eigenvalue weighted by Crippen LogP contribution is 2.25. The number of primary amides is 1. The summed E-state index contributed by atoms with van der Waals surface area (Å²) in [5.41, 5.74) is 10.9. The third kappa shape index (κ3) is 2.66. The number of carbonyl (C=O) groups is 1. The van der Waals surface area contributed by atoms with Crippen LogP contribution >= 0.6 is 0 Å². The number of nitrogens with one attached hydrogen (secondary N) is 1. The number of rotatable bonds is 3. The Morgan fingerprint density at radius 2 is 1.65 bits per heavy atom. The quantitative estimate of drug-likeness (QED) is 0.597. The van der Waals surface area contributed by atoms with Gasteiger partial charge in [0.25, 0.3) is 5.91 Å². The van der Waals surface area contributed by atoms with Crippen molar-refractivity contribution in [2.24, 2.45) is 5.73 Å². The molecular formula is C13H10F3N3O. The summed E-state index contributed by atoms with van der Waals surface area (Å²) < 4.78 is 39.3. The van der Waals surface area contributed by atoms with Crippen molar-refractivity contribution in [1.29, 1.82) is 0 Å². The van der Waals surface area contributed by atoms with Crippen LogP contribution in [-0.4, -0.2) is 5.91 Å². The van der Waals surface area contributed by atoms with Crippen LogP contribution in [0.5, 0.6) is 0 Å². The Morgan fingerprint density at radius 3 is 2.30 bits per heavy atom. The summed E-state index contributed by atoms with van der Waals surface area (Å²) in [6.45, 7) is 0. The molecule has 7 heteroatoms. The highest BCUT2D eigenvalue weighted by molar-refractivity contribution is 5.99. The molecule has 0 aromatic heterocycles. The topological polar surface area (TPSA) is 81.1 Å². The average Bonchev–Trinajstić information content (AvgIpc) is 2.37. The van der Waals surface area contributed by atoms with E-state index in [1.807, 2.05) is 0 Å². The minimum Gasteiger partial charge on any atom is -0.398 e. The van der Waals surface area contributed by atoms with Gasteiger partial charge in [0.1, 0.15) is 5.82 Å². The van der Waals surface area contributed by atoms with Crippen molar-refractivity contribution in [3.63, 3.8) is 0 Å². The maximum atomic E-state index is 13.5. The molecule has 0 bridgehead atoms. The van der Waals surface area contributed by atoms with Crippen LogP contribution < -0.4 is 16.8 Å². The van der Waals surface area contributed by atoms with Gasteiger partial charge in [0.2, 0.25) is 0 Å². The van der Waals surface area contributed by atoms with Crippen LogP contribution in [0.2, 0.25) is 0 Å². The summed E-state index contributed by atoms with van der Waals surface area (Å²) >= 11 is 0. The number of benzene rings is 2. The molecule has 20 heavy (non-hydrogen) atoms. The van der Waals surface area contributed by atoms with Crippen molar-refractivity contribution in [2.45, 2.75) is 0 Å². The van der Waals surface area contributed by atoms with E-state index < -0.39 is 23.4 Å². The van der Waals surface area contributed by atoms with E-state index >= 15 is 0 Å². The molecule has 0 fully saturated rings. The lowest BCUT2D eigenvalue weighted by molar-refractivity contribution is 0.100. The van der Waals surface area contributed by atoms with E-state index in [2.05, 4.69) is 5.32 Å². The standard InChI is InChI=1S/C13H10F3N3O/c14-8-4-10(16)12(5-9(8)15)19-6-1-2-11(17)7(3-6)13(18)20/h1-5,19H,17H2,(H2,18,20). The predicted octanol–water partition coefficient (Wildman–Crippen LogP) is 2.53. The van der Waals surface area contributed by atoms with E-state index in [-0.39, 0.29) is 22.6 Å². The Hall–Kier alpha value is -2.70. The van der Waals surface area contributed by atoms with Gasteiger partial charge in [0.05, 0.1) is 11.3 Å². The molecule has 0 aliphatic heterocycles. The highest BCUT2D eigenvalue weighted by Gasteiger charge is 2.11. The lowest BCUT2D eigenvalue weighted by Gasteiger charge is -2.10. The first-order valence-corrected chi connectivity index (χ1v) is 5.49. The van der Waals surface area contributed by atoms with Gasteiger partial charge in [0, 0.05) is 23.5 Å². The van der Waals surface area contributed by atoms with Crippen LogP contribution in [0.4, 0.5) is 30.2 Å². The number of carbonyl (C=O) groups excluding carboxylic acids is 1. The van der Waals surface area contributed by atoms with Crippen LogP contribution in [0.1, 0.15) is 10.4 Å². The Bertz CT molecular complexity index is 689. The summed E-state index contributed by atoms with van der Waals surface area (Å²) in [5, 5.41) is 2.52. The fourth-order valence-electron chi connectivity index (χ4n) is 1.62. The summed E-state index contributed by atoms with van der Waals surface area (Å²) in [6.07, 6.45) is 0. The monoisotopic (exact) mass is 281 g/mol. The van der Waals surface area contributed by atoms with E-state index in [1.165, 1.54) is 18.2 Å². The third-order valence-electron chi connectivity index (χ3n) is 2.61. The van der Waals surface area contributed by atoms with Crippen molar-refractivity contribution in [3.8, 4) is 0 Å². The van der Waals surface area contributed by atoms with Crippen LogP contribution in [-0.2, 0) is 0 Å². The second-order valence-electron chi connectivity index (χ2n) is 4.04. The van der Waals surface area contributed by atoms with Gasteiger partial charge in [-0.3, -0.25) is 4.79 Å². The maximum Gasteiger partial charge on any atom is 0.250 e. The Morgan fingerprint density at radius 1 is 1.00 bits per heavy atom. The maximum absolute atomic E-state index is 13.5. The predicted molar refractivity (Wildman–Crippen MR) is 69.0 cm³/mol. The minimum absolute atomic E-state index is 0.0398. The molecule has 0 aliphatic carbocycles. The molecule has 0 atom stereocenters. The number of hydrogen-bond donors (Lipinski definition) is 3. The fourth-order valence-corrected chi connectivity index (χ4v) is 1.62. The van der Waals surface area contributed by atoms with Gasteiger partial charge >= 0.3 is 0 Å². The molecule has 0 heterocycles. The molecule has 4 nitrogen and oxygen atoms in total. The van der Waals surface area contributed by atoms with Crippen molar-refractivity contribution >= 4 is 23.0 Å². The molecule has 0 aliphatic rings. The molecule has 5 N–H and O–H groups in total. The van der Waals surface area contributed by atoms with E-state index in [0.717, 1.165) is 0 Å². The van der Waals surface area contributed by atoms with Crippen LogP contribution in [0.3, 0.4) is 0 Å². The lowest BCUT2D eigenvalue weighted by atomic mass is 10.1. The van der Waals surface area contributed by atoms with Gasteiger partial charge in [-0.05, 0) is 18.2 Å². The molecule has 2 aromatic carbocycles. The zero-order chi connectivity index (χ0) is 14.9. The van der Waals surface area contributed by atoms with E-state index in [0.29, 0.717) is 12.1 Å². The number of amides is 1. The zero-order valence-electron chi connectivity index (χ0n) is 10.1. The summed E-state index contributed by atoms with van der Waals surface area (Å²) in [7, 11) is 0. The van der Waals surface area contributed by atoms with Crippen LogP contribution in [0, 0.1) is 17.5 Å². The van der Waals surface area contributed by atoms with Gasteiger partial charge in [-0.15, -0.1) is 0 Å². The van der Waals surface area contributed by atoms with E-state index in [9.17, 15) is 18.0 Å². The Labute approximate surface area is 112 Å². The molecule has 0 unspecified atom stereocenters. The fraction of sp³-hybridized carbons (Fsp3) is 0. The molecule has 2 rings (SSSR count). The largest absolute Gasteiger partial charge is 0.398 e. The molecule has 0 spiro atoms.